The van der Waals surface area contributed by atoms with Crippen molar-refractivity contribution >= 4 is 23.4 Å². The summed E-state index contributed by atoms with van der Waals surface area (Å²) in [6.45, 7) is 1.48. The zero-order chi connectivity index (χ0) is 19.1. The van der Waals surface area contributed by atoms with E-state index in [4.69, 9.17) is 11.6 Å². The van der Waals surface area contributed by atoms with Gasteiger partial charge >= 0.3 is 6.09 Å². The van der Waals surface area contributed by atoms with E-state index < -0.39 is 11.9 Å². The molecule has 2 rings (SSSR count). The highest BCUT2D eigenvalue weighted by atomic mass is 19.1. The van der Waals surface area contributed by atoms with Gasteiger partial charge in [0, 0.05) is 44.0 Å². The Balaban J connectivity index is 2.05. The molecule has 10 heteroatoms. The van der Waals surface area contributed by atoms with Crippen molar-refractivity contribution in [1.29, 1.82) is 0 Å². The van der Waals surface area contributed by atoms with Gasteiger partial charge in [-0.15, -0.1) is 0 Å². The Hall–Kier alpha value is -3.01. The number of amides is 2. The number of nitrogens with one attached hydrogen (secondary N) is 2. The molecule has 1 aliphatic rings. The molecule has 1 fully saturated rings. The largest absolute Gasteiger partial charge is 0.453 e. The number of carbonyl (C=O) groups is 2. The number of methoxy groups -OCH3 is 1. The number of hydrogen-bond acceptors (Lipinski definition) is 7. The standard InChI is InChI=1S/C16H23FN6O3/c1-26-16(25)21-9-11(18)10-23(19)12-2-3-14(13(17)8-12)22-6-4-15(24)20-5-7-22/h2-3,8,10H,4-7,9,18-19H2,1H3,(H,20,24)(H,21,25)/b11-10-. The quantitative estimate of drug-likeness (QED) is 0.426. The number of hydrogen-bond donors (Lipinski definition) is 4. The zero-order valence-electron chi connectivity index (χ0n) is 14.5. The molecule has 9 nitrogen and oxygen atoms in total. The van der Waals surface area contributed by atoms with Crippen molar-refractivity contribution in [2.45, 2.75) is 6.42 Å². The first-order valence-corrected chi connectivity index (χ1v) is 8.04. The van der Waals surface area contributed by atoms with E-state index in [0.29, 0.717) is 37.4 Å². The second-order valence-electron chi connectivity index (χ2n) is 5.68. The Morgan fingerprint density at radius 2 is 2.27 bits per heavy atom. The first-order valence-electron chi connectivity index (χ1n) is 8.04. The second-order valence-corrected chi connectivity index (χ2v) is 5.68. The molecule has 0 aliphatic carbocycles. The van der Waals surface area contributed by atoms with Crippen molar-refractivity contribution in [1.82, 2.24) is 10.6 Å². The Bertz CT molecular complexity index is 697. The summed E-state index contributed by atoms with van der Waals surface area (Å²) >= 11 is 0. The van der Waals surface area contributed by atoms with Gasteiger partial charge in [0.25, 0.3) is 0 Å². The number of carbonyl (C=O) groups excluding carboxylic acids is 2. The van der Waals surface area contributed by atoms with Crippen LogP contribution in [0.3, 0.4) is 0 Å². The molecule has 0 radical (unpaired) electrons. The molecule has 142 valence electrons. The summed E-state index contributed by atoms with van der Waals surface area (Å²) in [6, 6.07) is 4.54. The minimum Gasteiger partial charge on any atom is -0.453 e. The molecule has 1 aromatic rings. The van der Waals surface area contributed by atoms with Gasteiger partial charge in [-0.3, -0.25) is 9.80 Å². The zero-order valence-corrected chi connectivity index (χ0v) is 14.5. The number of benzene rings is 1. The highest BCUT2D eigenvalue weighted by Gasteiger charge is 2.17. The molecule has 2 amide bonds. The van der Waals surface area contributed by atoms with E-state index in [0.717, 1.165) is 5.01 Å². The van der Waals surface area contributed by atoms with E-state index in [1.807, 2.05) is 4.90 Å². The SMILES string of the molecule is COC(=O)NC/C(N)=C/N(N)c1ccc(N2CCNC(=O)CC2)c(F)c1. The molecule has 0 spiro atoms. The summed E-state index contributed by atoms with van der Waals surface area (Å²) in [4.78, 5) is 24.2. The van der Waals surface area contributed by atoms with Crippen LogP contribution in [0.5, 0.6) is 0 Å². The van der Waals surface area contributed by atoms with Crippen LogP contribution in [0.1, 0.15) is 6.42 Å². The lowest BCUT2D eigenvalue weighted by molar-refractivity contribution is -0.120. The van der Waals surface area contributed by atoms with E-state index in [2.05, 4.69) is 15.4 Å². The van der Waals surface area contributed by atoms with Gasteiger partial charge in [0.1, 0.15) is 5.82 Å². The maximum Gasteiger partial charge on any atom is 0.407 e. The number of hydrazine groups is 1. The third-order valence-electron chi connectivity index (χ3n) is 3.81. The lowest BCUT2D eigenvalue weighted by atomic mass is 10.2. The Kier molecular flexibility index (Phi) is 6.61. The van der Waals surface area contributed by atoms with Crippen molar-refractivity contribution in [3.8, 4) is 0 Å². The summed E-state index contributed by atoms with van der Waals surface area (Å²) in [6.07, 6.45) is 1.07. The Labute approximate surface area is 150 Å². The van der Waals surface area contributed by atoms with Gasteiger partial charge in [0.15, 0.2) is 0 Å². The molecular formula is C16H23FN6O3. The van der Waals surface area contributed by atoms with Crippen LogP contribution in [0.15, 0.2) is 30.1 Å². The summed E-state index contributed by atoms with van der Waals surface area (Å²) < 4.78 is 18.9. The molecule has 1 aliphatic heterocycles. The average Bonchev–Trinajstić information content (AvgIpc) is 2.84. The molecule has 1 heterocycles. The van der Waals surface area contributed by atoms with Crippen LogP contribution in [0.25, 0.3) is 0 Å². The molecular weight excluding hydrogens is 343 g/mol. The van der Waals surface area contributed by atoms with Crippen LogP contribution in [0.4, 0.5) is 20.6 Å². The average molecular weight is 366 g/mol. The minimum atomic E-state index is -0.620. The van der Waals surface area contributed by atoms with Crippen molar-refractivity contribution in [2.75, 3.05) is 43.2 Å². The van der Waals surface area contributed by atoms with Crippen LogP contribution in [0.2, 0.25) is 0 Å². The molecule has 6 N–H and O–H groups in total. The first kappa shape index (κ1) is 19.3. The highest BCUT2D eigenvalue weighted by Crippen LogP contribution is 2.25. The number of halogens is 1. The molecule has 26 heavy (non-hydrogen) atoms. The van der Waals surface area contributed by atoms with Gasteiger partial charge in [-0.05, 0) is 12.1 Å². The topological polar surface area (TPSA) is 126 Å². The van der Waals surface area contributed by atoms with Crippen molar-refractivity contribution < 1.29 is 18.7 Å². The summed E-state index contributed by atoms with van der Waals surface area (Å²) in [5, 5.41) is 6.32. The van der Waals surface area contributed by atoms with E-state index in [1.54, 1.807) is 12.1 Å². The molecule has 0 atom stereocenters. The predicted octanol–water partition coefficient (Wildman–Crippen LogP) is -0.0118. The smallest absolute Gasteiger partial charge is 0.407 e. The maximum atomic E-state index is 14.5. The van der Waals surface area contributed by atoms with Crippen LogP contribution in [0, 0.1) is 5.82 Å². The van der Waals surface area contributed by atoms with Crippen molar-refractivity contribution in [2.24, 2.45) is 11.6 Å². The number of alkyl carbamates (subject to hydrolysis) is 1. The van der Waals surface area contributed by atoms with Crippen LogP contribution < -0.4 is 32.1 Å². The second kappa shape index (κ2) is 8.90. The molecule has 0 saturated carbocycles. The molecule has 0 aromatic heterocycles. The van der Waals surface area contributed by atoms with Gasteiger partial charge in [0.05, 0.1) is 25.0 Å². The van der Waals surface area contributed by atoms with E-state index in [1.165, 1.54) is 19.4 Å². The normalized spacial score (nSPS) is 15.1. The monoisotopic (exact) mass is 366 g/mol. The van der Waals surface area contributed by atoms with Crippen molar-refractivity contribution in [3.63, 3.8) is 0 Å². The van der Waals surface area contributed by atoms with Crippen molar-refractivity contribution in [3.05, 3.63) is 35.9 Å². The number of nitrogens with two attached hydrogens (primary N) is 2. The Morgan fingerprint density at radius 3 is 2.96 bits per heavy atom. The fraction of sp³-hybridized carbons (Fsp3) is 0.375. The predicted molar refractivity (Wildman–Crippen MR) is 95.6 cm³/mol. The van der Waals surface area contributed by atoms with Gasteiger partial charge in [0.2, 0.25) is 5.91 Å². The first-order chi connectivity index (χ1) is 12.4. The van der Waals surface area contributed by atoms with E-state index >= 15 is 0 Å². The number of ether oxygens (including phenoxy) is 1. The lowest BCUT2D eigenvalue weighted by Gasteiger charge is -2.24. The van der Waals surface area contributed by atoms with E-state index in [9.17, 15) is 14.0 Å². The van der Waals surface area contributed by atoms with Gasteiger partial charge < -0.3 is 26.0 Å². The van der Waals surface area contributed by atoms with Gasteiger partial charge in [-0.2, -0.15) is 0 Å². The summed E-state index contributed by atoms with van der Waals surface area (Å²) in [5.74, 6) is 5.38. The van der Waals surface area contributed by atoms with Crippen LogP contribution in [-0.4, -0.2) is 45.3 Å². The minimum absolute atomic E-state index is 0.0374. The third-order valence-corrected chi connectivity index (χ3v) is 3.81. The van der Waals surface area contributed by atoms with E-state index in [-0.39, 0.29) is 18.1 Å². The lowest BCUT2D eigenvalue weighted by Crippen LogP contribution is -2.32. The van der Waals surface area contributed by atoms with Crippen LogP contribution in [-0.2, 0) is 9.53 Å². The Morgan fingerprint density at radius 1 is 1.50 bits per heavy atom. The maximum absolute atomic E-state index is 14.5. The molecule has 1 saturated heterocycles. The molecule has 1 aromatic carbocycles. The van der Waals surface area contributed by atoms with Gasteiger partial charge in [-0.1, -0.05) is 0 Å². The number of anilines is 2. The van der Waals surface area contributed by atoms with Crippen LogP contribution >= 0.6 is 0 Å². The fourth-order valence-corrected chi connectivity index (χ4v) is 2.47. The van der Waals surface area contributed by atoms with Gasteiger partial charge in [-0.25, -0.2) is 15.0 Å². The summed E-state index contributed by atoms with van der Waals surface area (Å²) in [7, 11) is 1.24. The fourth-order valence-electron chi connectivity index (χ4n) is 2.47. The molecule has 0 bridgehead atoms. The number of nitrogens with zero attached hydrogens (tertiary/aromatic N) is 2. The third kappa shape index (κ3) is 5.24. The summed E-state index contributed by atoms with van der Waals surface area (Å²) in [5.41, 5.74) is 6.81. The number of rotatable bonds is 5. The highest BCUT2D eigenvalue weighted by molar-refractivity contribution is 5.77. The molecule has 0 unspecified atom stereocenters.